The van der Waals surface area contributed by atoms with E-state index in [4.69, 9.17) is 11.6 Å². The zero-order valence-electron chi connectivity index (χ0n) is 13.0. The van der Waals surface area contributed by atoms with E-state index in [1.165, 1.54) is 0 Å². The van der Waals surface area contributed by atoms with Gasteiger partial charge >= 0.3 is 0 Å². The van der Waals surface area contributed by atoms with E-state index in [1.807, 2.05) is 44.2 Å². The second kappa shape index (κ2) is 7.64. The molecule has 1 aromatic rings. The number of rotatable bonds is 7. The average molecular weight is 301 g/mol. The molecular weight excluding hydrogens is 276 g/mol. The molecule has 114 valence electrons. The van der Waals surface area contributed by atoms with Crippen LogP contribution in [0.1, 0.15) is 39.1 Å². The van der Waals surface area contributed by atoms with Gasteiger partial charge in [-0.3, -0.25) is 9.48 Å². The van der Waals surface area contributed by atoms with E-state index >= 15 is 0 Å². The number of hydrogen-bond donors (Lipinski definition) is 1. The summed E-state index contributed by atoms with van der Waals surface area (Å²) >= 11 is 6.25. The molecule has 0 spiro atoms. The van der Waals surface area contributed by atoms with Crippen molar-refractivity contribution in [3.63, 3.8) is 0 Å². The van der Waals surface area contributed by atoms with Gasteiger partial charge < -0.3 is 10.2 Å². The van der Waals surface area contributed by atoms with E-state index in [2.05, 4.69) is 10.4 Å². The van der Waals surface area contributed by atoms with Gasteiger partial charge in [-0.2, -0.15) is 5.10 Å². The molecule has 0 aliphatic heterocycles. The fraction of sp³-hybridized carbons (Fsp3) is 0.714. The van der Waals surface area contributed by atoms with Gasteiger partial charge in [-0.15, -0.1) is 0 Å². The average Bonchev–Trinajstić information content (AvgIpc) is 2.72. The van der Waals surface area contributed by atoms with Crippen LogP contribution in [0, 0.1) is 6.92 Å². The van der Waals surface area contributed by atoms with Gasteiger partial charge in [0, 0.05) is 26.2 Å². The third-order valence-electron chi connectivity index (χ3n) is 3.47. The molecule has 0 aliphatic carbocycles. The van der Waals surface area contributed by atoms with Crippen molar-refractivity contribution in [2.24, 2.45) is 0 Å². The number of nitrogens with zero attached hydrogens (tertiary/aromatic N) is 3. The number of hydrogen-bond acceptors (Lipinski definition) is 3. The minimum absolute atomic E-state index is 0.116. The Labute approximate surface area is 126 Å². The van der Waals surface area contributed by atoms with Crippen molar-refractivity contribution in [3.8, 4) is 0 Å². The number of aromatic nitrogens is 2. The van der Waals surface area contributed by atoms with Crippen molar-refractivity contribution in [1.82, 2.24) is 20.0 Å². The molecular formula is C14H25ClN4O. The Morgan fingerprint density at radius 3 is 2.50 bits per heavy atom. The molecule has 20 heavy (non-hydrogen) atoms. The SMILES string of the molecule is CCN(CC)C(=O)C(C)NCc1c(Cl)c(C)nn1CC. The number of likely N-dealkylation sites (N-methyl/N-ethyl adjacent to an activating group) is 1. The second-order valence-corrected chi connectivity index (χ2v) is 5.15. The number of halogens is 1. The van der Waals surface area contributed by atoms with Crippen LogP contribution in [0.4, 0.5) is 0 Å². The molecule has 0 bridgehead atoms. The van der Waals surface area contributed by atoms with E-state index in [9.17, 15) is 4.79 Å². The Morgan fingerprint density at radius 2 is 2.00 bits per heavy atom. The van der Waals surface area contributed by atoms with Gasteiger partial charge in [0.05, 0.1) is 22.5 Å². The Bertz CT molecular complexity index is 454. The lowest BCUT2D eigenvalue weighted by molar-refractivity contribution is -0.132. The largest absolute Gasteiger partial charge is 0.342 e. The lowest BCUT2D eigenvalue weighted by Crippen LogP contribution is -2.44. The monoisotopic (exact) mass is 300 g/mol. The Balaban J connectivity index is 2.70. The van der Waals surface area contributed by atoms with Crippen LogP contribution in [-0.4, -0.2) is 39.7 Å². The zero-order valence-corrected chi connectivity index (χ0v) is 13.8. The van der Waals surface area contributed by atoms with Crippen LogP contribution in [0.15, 0.2) is 0 Å². The molecule has 0 fully saturated rings. The Kier molecular flexibility index (Phi) is 6.49. The lowest BCUT2D eigenvalue weighted by atomic mass is 10.2. The molecule has 1 atom stereocenters. The van der Waals surface area contributed by atoms with Crippen LogP contribution in [0.25, 0.3) is 0 Å². The highest BCUT2D eigenvalue weighted by molar-refractivity contribution is 6.31. The highest BCUT2D eigenvalue weighted by Gasteiger charge is 2.19. The fourth-order valence-corrected chi connectivity index (χ4v) is 2.39. The summed E-state index contributed by atoms with van der Waals surface area (Å²) in [5, 5.41) is 8.29. The molecule has 1 amide bonds. The first kappa shape index (κ1) is 17.0. The number of aryl methyl sites for hydroxylation is 2. The van der Waals surface area contributed by atoms with E-state index < -0.39 is 0 Å². The van der Waals surface area contributed by atoms with Crippen LogP contribution < -0.4 is 5.32 Å². The molecule has 0 saturated carbocycles. The number of amides is 1. The van der Waals surface area contributed by atoms with Gasteiger partial charge in [0.15, 0.2) is 0 Å². The predicted molar refractivity (Wildman–Crippen MR) is 81.9 cm³/mol. The smallest absolute Gasteiger partial charge is 0.239 e. The summed E-state index contributed by atoms with van der Waals surface area (Å²) in [6.07, 6.45) is 0. The number of nitrogens with one attached hydrogen (secondary N) is 1. The van der Waals surface area contributed by atoms with Crippen molar-refractivity contribution >= 4 is 17.5 Å². The van der Waals surface area contributed by atoms with Crippen molar-refractivity contribution in [2.45, 2.75) is 53.8 Å². The molecule has 5 nitrogen and oxygen atoms in total. The quantitative estimate of drug-likeness (QED) is 0.840. The zero-order chi connectivity index (χ0) is 15.3. The van der Waals surface area contributed by atoms with Gasteiger partial charge in [0.1, 0.15) is 0 Å². The highest BCUT2D eigenvalue weighted by Crippen LogP contribution is 2.20. The highest BCUT2D eigenvalue weighted by atomic mass is 35.5. The van der Waals surface area contributed by atoms with E-state index in [0.717, 1.165) is 31.0 Å². The predicted octanol–water partition coefficient (Wildman–Crippen LogP) is 2.21. The third kappa shape index (κ3) is 3.73. The summed E-state index contributed by atoms with van der Waals surface area (Å²) < 4.78 is 1.87. The van der Waals surface area contributed by atoms with Gasteiger partial charge in [-0.25, -0.2) is 0 Å². The Hall–Kier alpha value is -1.07. The Morgan fingerprint density at radius 1 is 1.40 bits per heavy atom. The molecule has 0 aliphatic rings. The molecule has 0 radical (unpaired) electrons. The minimum atomic E-state index is -0.230. The van der Waals surface area contributed by atoms with Crippen molar-refractivity contribution < 1.29 is 4.79 Å². The molecule has 1 aromatic heterocycles. The van der Waals surface area contributed by atoms with Crippen molar-refractivity contribution in [1.29, 1.82) is 0 Å². The van der Waals surface area contributed by atoms with E-state index in [-0.39, 0.29) is 11.9 Å². The topological polar surface area (TPSA) is 50.2 Å². The summed E-state index contributed by atoms with van der Waals surface area (Å²) in [4.78, 5) is 14.0. The molecule has 0 aromatic carbocycles. The first-order valence-electron chi connectivity index (χ1n) is 7.20. The van der Waals surface area contributed by atoms with Gasteiger partial charge in [0.2, 0.25) is 5.91 Å². The molecule has 0 saturated heterocycles. The molecule has 1 N–H and O–H groups in total. The summed E-state index contributed by atoms with van der Waals surface area (Å²) in [6, 6.07) is -0.230. The molecule has 6 heteroatoms. The van der Waals surface area contributed by atoms with Crippen molar-refractivity contribution in [3.05, 3.63) is 16.4 Å². The van der Waals surface area contributed by atoms with Crippen LogP contribution in [0.2, 0.25) is 5.02 Å². The summed E-state index contributed by atoms with van der Waals surface area (Å²) in [6.45, 7) is 12.5. The van der Waals surface area contributed by atoms with Gasteiger partial charge in [-0.05, 0) is 34.6 Å². The maximum Gasteiger partial charge on any atom is 0.239 e. The lowest BCUT2D eigenvalue weighted by Gasteiger charge is -2.23. The first-order chi connectivity index (χ1) is 9.46. The van der Waals surface area contributed by atoms with Crippen LogP contribution in [-0.2, 0) is 17.9 Å². The van der Waals surface area contributed by atoms with Gasteiger partial charge in [0.25, 0.3) is 0 Å². The summed E-state index contributed by atoms with van der Waals surface area (Å²) in [7, 11) is 0. The minimum Gasteiger partial charge on any atom is -0.342 e. The van der Waals surface area contributed by atoms with E-state index in [1.54, 1.807) is 0 Å². The maximum atomic E-state index is 12.2. The van der Waals surface area contributed by atoms with Crippen LogP contribution in [0.3, 0.4) is 0 Å². The maximum absolute atomic E-state index is 12.2. The second-order valence-electron chi connectivity index (χ2n) is 4.77. The third-order valence-corrected chi connectivity index (χ3v) is 3.97. The van der Waals surface area contributed by atoms with Crippen LogP contribution in [0.5, 0.6) is 0 Å². The van der Waals surface area contributed by atoms with Crippen LogP contribution >= 0.6 is 11.6 Å². The normalized spacial score (nSPS) is 12.5. The summed E-state index contributed by atoms with van der Waals surface area (Å²) in [5.41, 5.74) is 1.76. The number of carbonyl (C=O) groups is 1. The fourth-order valence-electron chi connectivity index (χ4n) is 2.18. The molecule has 1 unspecified atom stereocenters. The standard InChI is InChI=1S/C14H25ClN4O/c1-6-18(7-2)14(20)11(5)16-9-12-13(15)10(4)17-19(12)8-3/h11,16H,6-9H2,1-5H3. The van der Waals surface area contributed by atoms with Gasteiger partial charge in [-0.1, -0.05) is 11.6 Å². The first-order valence-corrected chi connectivity index (χ1v) is 7.57. The molecule has 1 rings (SSSR count). The van der Waals surface area contributed by atoms with E-state index in [0.29, 0.717) is 11.6 Å². The molecule has 1 heterocycles. The number of carbonyl (C=O) groups excluding carboxylic acids is 1. The summed E-state index contributed by atoms with van der Waals surface area (Å²) in [5.74, 6) is 0.116. The van der Waals surface area contributed by atoms with Crippen molar-refractivity contribution in [2.75, 3.05) is 13.1 Å².